The lowest BCUT2D eigenvalue weighted by atomic mass is 9.96. The smallest absolute Gasteiger partial charge is 0.268 e. The number of amides is 1. The van der Waals surface area contributed by atoms with Crippen LogP contribution in [0.1, 0.15) is 46.0 Å². The van der Waals surface area contributed by atoms with E-state index in [1.165, 1.54) is 23.6 Å². The zero-order chi connectivity index (χ0) is 22.8. The molecular weight excluding hydrogens is 412 g/mol. The summed E-state index contributed by atoms with van der Waals surface area (Å²) in [5.74, 6) is -0.301. The summed E-state index contributed by atoms with van der Waals surface area (Å²) in [4.78, 5) is 17.5. The molecule has 0 aliphatic rings. The van der Waals surface area contributed by atoms with Crippen LogP contribution in [0.2, 0.25) is 0 Å². The van der Waals surface area contributed by atoms with Crippen LogP contribution in [-0.2, 0) is 25.6 Å². The van der Waals surface area contributed by atoms with Gasteiger partial charge in [-0.05, 0) is 31.1 Å². The monoisotopic (exact) mass is 438 g/mol. The Hall–Kier alpha value is -3.30. The van der Waals surface area contributed by atoms with Crippen molar-refractivity contribution in [2.45, 2.75) is 32.4 Å². The SMILES string of the molecule is Cn1c(C(=O)NCc2cccc(C(C)(C)O)c2)c(C=N)c2sc(CC(N)=CC=N)nc21. The zero-order valence-electron chi connectivity index (χ0n) is 17.7. The third-order valence-corrected chi connectivity index (χ3v) is 5.98. The van der Waals surface area contributed by atoms with Gasteiger partial charge in [-0.3, -0.25) is 4.79 Å². The highest BCUT2D eigenvalue weighted by molar-refractivity contribution is 7.19. The standard InChI is InChI=1S/C22H26N6O2S/c1-22(2,30)14-6-4-5-13(9-14)12-26-21(29)18-16(11-24)19-20(28(18)3)27-17(31-19)10-15(25)7-8-23/h4-9,11,23-24,30H,10,12,25H2,1-3H3,(H,26,29). The van der Waals surface area contributed by atoms with Crippen molar-refractivity contribution in [3.05, 3.63) is 63.4 Å². The molecule has 0 saturated carbocycles. The van der Waals surface area contributed by atoms with Crippen molar-refractivity contribution in [2.24, 2.45) is 12.8 Å². The second-order valence-corrected chi connectivity index (χ2v) is 8.84. The molecule has 0 atom stereocenters. The summed E-state index contributed by atoms with van der Waals surface area (Å²) in [6.45, 7) is 3.73. The van der Waals surface area contributed by atoms with E-state index in [1.54, 1.807) is 25.5 Å². The molecule has 3 aromatic rings. The fraction of sp³-hybridized carbons (Fsp3) is 0.273. The van der Waals surface area contributed by atoms with Gasteiger partial charge in [0.05, 0.1) is 10.3 Å². The van der Waals surface area contributed by atoms with E-state index in [0.29, 0.717) is 35.6 Å². The number of aromatic nitrogens is 2. The lowest BCUT2D eigenvalue weighted by molar-refractivity contribution is 0.0785. The van der Waals surface area contributed by atoms with Crippen LogP contribution < -0.4 is 11.1 Å². The summed E-state index contributed by atoms with van der Waals surface area (Å²) >= 11 is 1.39. The molecule has 9 heteroatoms. The van der Waals surface area contributed by atoms with Crippen LogP contribution in [0.25, 0.3) is 10.3 Å². The van der Waals surface area contributed by atoms with E-state index in [1.807, 2.05) is 24.3 Å². The van der Waals surface area contributed by atoms with Crippen molar-refractivity contribution in [3.63, 3.8) is 0 Å². The van der Waals surface area contributed by atoms with Gasteiger partial charge < -0.3 is 31.5 Å². The summed E-state index contributed by atoms with van der Waals surface area (Å²) in [6.07, 6.45) is 4.22. The highest BCUT2D eigenvalue weighted by Gasteiger charge is 2.23. The maximum atomic E-state index is 13.0. The Labute approximate surface area is 184 Å². The molecular formula is C22H26N6O2S. The number of thiazole rings is 1. The minimum atomic E-state index is -0.962. The van der Waals surface area contributed by atoms with Crippen molar-refractivity contribution in [1.29, 1.82) is 10.8 Å². The molecule has 6 N–H and O–H groups in total. The number of benzene rings is 1. The number of nitrogens with one attached hydrogen (secondary N) is 3. The summed E-state index contributed by atoms with van der Waals surface area (Å²) in [7, 11) is 1.75. The van der Waals surface area contributed by atoms with Crippen LogP contribution in [0, 0.1) is 10.8 Å². The minimum Gasteiger partial charge on any atom is -0.402 e. The van der Waals surface area contributed by atoms with Gasteiger partial charge in [0, 0.05) is 43.7 Å². The molecule has 3 rings (SSSR count). The fourth-order valence-corrected chi connectivity index (χ4v) is 4.45. The van der Waals surface area contributed by atoms with Gasteiger partial charge in [0.2, 0.25) is 0 Å². The Bertz CT molecular complexity index is 1180. The molecule has 0 fully saturated rings. The maximum Gasteiger partial charge on any atom is 0.268 e. The number of aliphatic hydroxyl groups is 1. The van der Waals surface area contributed by atoms with Gasteiger partial charge in [0.1, 0.15) is 10.7 Å². The van der Waals surface area contributed by atoms with Crippen molar-refractivity contribution in [2.75, 3.05) is 0 Å². The molecule has 1 amide bonds. The molecule has 0 aliphatic heterocycles. The van der Waals surface area contributed by atoms with Gasteiger partial charge in [-0.2, -0.15) is 0 Å². The molecule has 0 bridgehead atoms. The first-order valence-corrected chi connectivity index (χ1v) is 10.5. The Morgan fingerprint density at radius 2 is 2.13 bits per heavy atom. The first-order valence-electron chi connectivity index (χ1n) is 9.69. The number of allylic oxidation sites excluding steroid dienone is 2. The van der Waals surface area contributed by atoms with E-state index in [9.17, 15) is 9.90 Å². The predicted molar refractivity (Wildman–Crippen MR) is 124 cm³/mol. The van der Waals surface area contributed by atoms with Crippen LogP contribution in [0.4, 0.5) is 0 Å². The van der Waals surface area contributed by atoms with Crippen LogP contribution >= 0.6 is 11.3 Å². The molecule has 0 spiro atoms. The number of hydrogen-bond acceptors (Lipinski definition) is 7. The summed E-state index contributed by atoms with van der Waals surface area (Å²) in [6, 6.07) is 7.44. The van der Waals surface area contributed by atoms with Crippen LogP contribution in [0.5, 0.6) is 0 Å². The van der Waals surface area contributed by atoms with Gasteiger partial charge in [0.25, 0.3) is 5.91 Å². The van der Waals surface area contributed by atoms with E-state index in [4.69, 9.17) is 16.6 Å². The largest absolute Gasteiger partial charge is 0.402 e. The number of fused-ring (bicyclic) bond motifs is 1. The molecule has 2 heterocycles. The van der Waals surface area contributed by atoms with Crippen LogP contribution in [-0.4, -0.2) is 33.0 Å². The Kier molecular flexibility index (Phi) is 6.37. The predicted octanol–water partition coefficient (Wildman–Crippen LogP) is 2.82. The summed E-state index contributed by atoms with van der Waals surface area (Å²) < 4.78 is 2.44. The van der Waals surface area contributed by atoms with E-state index in [2.05, 4.69) is 10.3 Å². The normalized spacial score (nSPS) is 12.2. The lowest BCUT2D eigenvalue weighted by Crippen LogP contribution is -2.26. The van der Waals surface area contributed by atoms with Crippen LogP contribution in [0.15, 0.2) is 36.0 Å². The zero-order valence-corrected chi connectivity index (χ0v) is 18.5. The highest BCUT2D eigenvalue weighted by Crippen LogP contribution is 2.30. The second-order valence-electron chi connectivity index (χ2n) is 7.75. The molecule has 0 radical (unpaired) electrons. The third kappa shape index (κ3) is 4.73. The van der Waals surface area contributed by atoms with Crippen molar-refractivity contribution < 1.29 is 9.90 Å². The third-order valence-electron chi connectivity index (χ3n) is 4.91. The number of hydrogen-bond donors (Lipinski definition) is 5. The Morgan fingerprint density at radius 1 is 1.39 bits per heavy atom. The topological polar surface area (TPSA) is 141 Å². The average Bonchev–Trinajstić information content (AvgIpc) is 3.23. The Balaban J connectivity index is 1.85. The lowest BCUT2D eigenvalue weighted by Gasteiger charge is -2.18. The summed E-state index contributed by atoms with van der Waals surface area (Å²) in [5.41, 5.74) is 8.58. The number of carbonyl (C=O) groups is 1. The van der Waals surface area contributed by atoms with E-state index in [0.717, 1.165) is 27.0 Å². The highest BCUT2D eigenvalue weighted by atomic mass is 32.1. The maximum absolute atomic E-state index is 13.0. The van der Waals surface area contributed by atoms with Gasteiger partial charge in [0.15, 0.2) is 5.65 Å². The Morgan fingerprint density at radius 3 is 2.77 bits per heavy atom. The molecule has 8 nitrogen and oxygen atoms in total. The van der Waals surface area contributed by atoms with E-state index < -0.39 is 5.60 Å². The molecule has 1 aromatic carbocycles. The first-order chi connectivity index (χ1) is 14.7. The number of nitrogens with two attached hydrogens (primary N) is 1. The van der Waals surface area contributed by atoms with Gasteiger partial charge in [-0.15, -0.1) is 11.3 Å². The quantitative estimate of drug-likeness (QED) is 0.345. The average molecular weight is 439 g/mol. The molecule has 0 saturated heterocycles. The molecule has 2 aromatic heterocycles. The fourth-order valence-electron chi connectivity index (χ4n) is 3.30. The van der Waals surface area contributed by atoms with Gasteiger partial charge in [-0.1, -0.05) is 24.3 Å². The number of carbonyl (C=O) groups excluding carboxylic acids is 1. The number of nitrogens with zero attached hydrogens (tertiary/aromatic N) is 2. The van der Waals surface area contributed by atoms with Crippen molar-refractivity contribution >= 4 is 40.0 Å². The van der Waals surface area contributed by atoms with Gasteiger partial charge in [-0.25, -0.2) is 4.98 Å². The summed E-state index contributed by atoms with van der Waals surface area (Å²) in [5, 5.41) is 28.8. The van der Waals surface area contributed by atoms with Crippen molar-refractivity contribution in [3.8, 4) is 0 Å². The number of aryl methyl sites for hydroxylation is 1. The first kappa shape index (κ1) is 22.4. The van der Waals surface area contributed by atoms with Crippen LogP contribution in [0.3, 0.4) is 0 Å². The minimum absolute atomic E-state index is 0.294. The molecule has 0 unspecified atom stereocenters. The van der Waals surface area contributed by atoms with Crippen molar-refractivity contribution in [1.82, 2.24) is 14.9 Å². The number of rotatable bonds is 8. The second kappa shape index (κ2) is 8.83. The molecule has 0 aliphatic carbocycles. The molecule has 162 valence electrons. The van der Waals surface area contributed by atoms with E-state index in [-0.39, 0.29) is 5.91 Å². The van der Waals surface area contributed by atoms with Gasteiger partial charge >= 0.3 is 0 Å². The molecule has 31 heavy (non-hydrogen) atoms. The van der Waals surface area contributed by atoms with E-state index >= 15 is 0 Å².